The summed E-state index contributed by atoms with van der Waals surface area (Å²) in [6.45, 7) is 3.31. The third-order valence-corrected chi connectivity index (χ3v) is 3.77. The highest BCUT2D eigenvalue weighted by atomic mass is 16.3. The van der Waals surface area contributed by atoms with Gasteiger partial charge in [0.05, 0.1) is 18.2 Å². The third-order valence-electron chi connectivity index (χ3n) is 3.77. The predicted octanol–water partition coefficient (Wildman–Crippen LogP) is -0.722. The average molecular weight is 308 g/mol. The van der Waals surface area contributed by atoms with Crippen LogP contribution in [-0.2, 0) is 24.1 Å². The molecule has 0 spiro atoms. The fourth-order valence-corrected chi connectivity index (χ4v) is 2.69. The first-order valence-corrected chi connectivity index (χ1v) is 7.82. The second-order valence-electron chi connectivity index (χ2n) is 5.74. The van der Waals surface area contributed by atoms with Crippen molar-refractivity contribution in [3.05, 3.63) is 27.2 Å². The molecule has 1 amide bonds. The Hall–Kier alpha value is -1.73. The molecule has 7 heteroatoms. The zero-order valence-electron chi connectivity index (χ0n) is 12.9. The van der Waals surface area contributed by atoms with Crippen molar-refractivity contribution in [2.45, 2.75) is 45.1 Å². The molecule has 7 nitrogen and oxygen atoms in total. The first-order chi connectivity index (χ1) is 10.6. The summed E-state index contributed by atoms with van der Waals surface area (Å²) in [5.74, 6) is -0.105. The van der Waals surface area contributed by atoms with Gasteiger partial charge in [0.1, 0.15) is 0 Å². The van der Waals surface area contributed by atoms with Crippen molar-refractivity contribution >= 4 is 5.91 Å². The number of nitrogens with zero attached hydrogens (tertiary/aromatic N) is 1. The summed E-state index contributed by atoms with van der Waals surface area (Å²) >= 11 is 0. The smallest absolute Gasteiger partial charge is 0.267 e. The van der Waals surface area contributed by atoms with Gasteiger partial charge >= 0.3 is 0 Å². The molecule has 1 aliphatic carbocycles. The largest absolute Gasteiger partial charge is 0.392 e. The van der Waals surface area contributed by atoms with E-state index in [1.54, 1.807) is 6.92 Å². The normalized spacial score (nSPS) is 15.2. The van der Waals surface area contributed by atoms with E-state index in [4.69, 9.17) is 5.11 Å². The molecule has 2 rings (SSSR count). The minimum absolute atomic E-state index is 0.105. The van der Waals surface area contributed by atoms with Crippen LogP contribution in [0.1, 0.15) is 36.6 Å². The first-order valence-electron chi connectivity index (χ1n) is 7.82. The predicted molar refractivity (Wildman–Crippen MR) is 82.8 cm³/mol. The molecule has 1 aromatic heterocycles. The number of rotatable bonds is 7. The molecule has 0 aromatic carbocycles. The Bertz CT molecular complexity index is 568. The molecule has 0 saturated carbocycles. The molecule has 0 aliphatic heterocycles. The summed E-state index contributed by atoms with van der Waals surface area (Å²) in [7, 11) is 0. The quantitative estimate of drug-likeness (QED) is 0.497. The van der Waals surface area contributed by atoms with E-state index in [0.29, 0.717) is 25.3 Å². The van der Waals surface area contributed by atoms with Gasteiger partial charge in [-0.05, 0) is 38.2 Å². The van der Waals surface area contributed by atoms with Gasteiger partial charge < -0.3 is 15.7 Å². The second-order valence-corrected chi connectivity index (χ2v) is 5.74. The molecule has 0 saturated heterocycles. The van der Waals surface area contributed by atoms with Gasteiger partial charge in [0.2, 0.25) is 5.91 Å². The number of fused-ring (bicyclic) bond motifs is 1. The number of hydrogen-bond donors (Lipinski definition) is 4. The minimum Gasteiger partial charge on any atom is -0.392 e. The average Bonchev–Trinajstić information content (AvgIpc) is 2.50. The summed E-state index contributed by atoms with van der Waals surface area (Å²) in [6, 6.07) is 0. The number of aromatic nitrogens is 2. The van der Waals surface area contributed by atoms with E-state index in [1.165, 1.54) is 0 Å². The lowest BCUT2D eigenvalue weighted by Crippen LogP contribution is -2.35. The fourth-order valence-electron chi connectivity index (χ4n) is 2.69. The summed E-state index contributed by atoms with van der Waals surface area (Å²) < 4.78 is 0. The van der Waals surface area contributed by atoms with Crippen LogP contribution in [0.2, 0.25) is 0 Å². The Morgan fingerprint density at radius 2 is 2.05 bits per heavy atom. The van der Waals surface area contributed by atoms with Gasteiger partial charge in [0.15, 0.2) is 0 Å². The van der Waals surface area contributed by atoms with E-state index in [9.17, 15) is 9.59 Å². The summed E-state index contributed by atoms with van der Waals surface area (Å²) in [4.78, 5) is 23.7. The summed E-state index contributed by atoms with van der Waals surface area (Å²) in [5, 5.41) is 21.5. The van der Waals surface area contributed by atoms with E-state index in [-0.39, 0.29) is 17.9 Å². The fraction of sp³-hybridized carbons (Fsp3) is 0.667. The topological polar surface area (TPSA) is 107 Å². The van der Waals surface area contributed by atoms with E-state index < -0.39 is 6.10 Å². The van der Waals surface area contributed by atoms with E-state index >= 15 is 0 Å². The maximum absolute atomic E-state index is 12.0. The van der Waals surface area contributed by atoms with Crippen molar-refractivity contribution in [1.29, 1.82) is 0 Å². The van der Waals surface area contributed by atoms with Gasteiger partial charge in [-0.1, -0.05) is 0 Å². The van der Waals surface area contributed by atoms with Gasteiger partial charge in [-0.3, -0.25) is 9.59 Å². The summed E-state index contributed by atoms with van der Waals surface area (Å²) in [5.41, 5.74) is 2.31. The Kier molecular flexibility index (Phi) is 6.09. The number of carbonyl (C=O) groups excluding carboxylic acids is 1. The highest BCUT2D eigenvalue weighted by molar-refractivity contribution is 5.78. The lowest BCUT2D eigenvalue weighted by molar-refractivity contribution is -0.120. The van der Waals surface area contributed by atoms with Crippen LogP contribution in [0.25, 0.3) is 0 Å². The molecule has 1 unspecified atom stereocenters. The second kappa shape index (κ2) is 8.05. The molecule has 22 heavy (non-hydrogen) atoms. The van der Waals surface area contributed by atoms with Crippen molar-refractivity contribution in [2.75, 3.05) is 19.6 Å². The maximum atomic E-state index is 12.0. The van der Waals surface area contributed by atoms with Gasteiger partial charge in [0, 0.05) is 25.2 Å². The molecular weight excluding hydrogens is 284 g/mol. The monoisotopic (exact) mass is 308 g/mol. The van der Waals surface area contributed by atoms with E-state index in [2.05, 4.69) is 20.8 Å². The van der Waals surface area contributed by atoms with Crippen LogP contribution in [0, 0.1) is 0 Å². The Morgan fingerprint density at radius 3 is 2.77 bits per heavy atom. The Labute approximate surface area is 129 Å². The maximum Gasteiger partial charge on any atom is 0.267 e. The number of nitrogens with one attached hydrogen (secondary N) is 3. The van der Waals surface area contributed by atoms with Gasteiger partial charge in [-0.2, -0.15) is 5.10 Å². The first kappa shape index (κ1) is 16.6. The molecular formula is C15H24N4O3. The number of amides is 1. The van der Waals surface area contributed by atoms with Crippen LogP contribution >= 0.6 is 0 Å². The molecule has 1 heterocycles. The van der Waals surface area contributed by atoms with Crippen LogP contribution in [0.3, 0.4) is 0 Å². The zero-order valence-corrected chi connectivity index (χ0v) is 12.9. The molecule has 0 bridgehead atoms. The number of aliphatic hydroxyl groups excluding tert-OH is 1. The standard InChI is InChI=1S/C15H24N4O3/c1-10(20)9-16-6-7-17-14(21)8-13-11-4-2-3-5-12(11)15(22)19-18-13/h10,16,20H,2-9H2,1H3,(H,17,21)(H,19,22). The third kappa shape index (κ3) is 4.64. The van der Waals surface area contributed by atoms with Crippen LogP contribution in [-0.4, -0.2) is 46.9 Å². The Morgan fingerprint density at radius 1 is 1.32 bits per heavy atom. The van der Waals surface area contributed by atoms with Crippen LogP contribution in [0.5, 0.6) is 0 Å². The number of carbonyl (C=O) groups is 1. The number of aromatic amines is 1. The molecule has 0 fully saturated rings. The van der Waals surface area contributed by atoms with Gasteiger partial charge in [-0.25, -0.2) is 5.10 Å². The molecule has 0 radical (unpaired) electrons. The summed E-state index contributed by atoms with van der Waals surface area (Å²) in [6.07, 6.45) is 3.44. The van der Waals surface area contributed by atoms with Crippen LogP contribution < -0.4 is 16.2 Å². The minimum atomic E-state index is -0.396. The molecule has 1 aromatic rings. The number of hydrogen-bond acceptors (Lipinski definition) is 5. The van der Waals surface area contributed by atoms with E-state index in [1.807, 2.05) is 0 Å². The van der Waals surface area contributed by atoms with Crippen molar-refractivity contribution < 1.29 is 9.90 Å². The van der Waals surface area contributed by atoms with Crippen molar-refractivity contribution in [3.63, 3.8) is 0 Å². The number of aliphatic hydroxyl groups is 1. The van der Waals surface area contributed by atoms with Crippen LogP contribution in [0.15, 0.2) is 4.79 Å². The zero-order chi connectivity index (χ0) is 15.9. The molecule has 1 atom stereocenters. The van der Waals surface area contributed by atoms with Gasteiger partial charge in [0.25, 0.3) is 5.56 Å². The lowest BCUT2D eigenvalue weighted by Gasteiger charge is -2.17. The van der Waals surface area contributed by atoms with E-state index in [0.717, 1.165) is 36.8 Å². The molecule has 4 N–H and O–H groups in total. The van der Waals surface area contributed by atoms with Crippen molar-refractivity contribution in [2.24, 2.45) is 0 Å². The molecule has 1 aliphatic rings. The lowest BCUT2D eigenvalue weighted by atomic mass is 9.91. The van der Waals surface area contributed by atoms with Gasteiger partial charge in [-0.15, -0.1) is 0 Å². The highest BCUT2D eigenvalue weighted by Crippen LogP contribution is 2.20. The molecule has 122 valence electrons. The van der Waals surface area contributed by atoms with Crippen molar-refractivity contribution in [1.82, 2.24) is 20.8 Å². The SMILES string of the molecule is CC(O)CNCCNC(=O)Cc1n[nH]c(=O)c2c1CCCC2. The van der Waals surface area contributed by atoms with Crippen LogP contribution in [0.4, 0.5) is 0 Å². The Balaban J connectivity index is 1.86. The van der Waals surface area contributed by atoms with Crippen molar-refractivity contribution in [3.8, 4) is 0 Å². The highest BCUT2D eigenvalue weighted by Gasteiger charge is 2.19. The number of H-pyrrole nitrogens is 1.